The van der Waals surface area contributed by atoms with Crippen LogP contribution in [0.15, 0.2) is 36.4 Å². The van der Waals surface area contributed by atoms with Crippen LogP contribution in [-0.4, -0.2) is 14.4 Å². The Hall–Kier alpha value is -1.59. The van der Waals surface area contributed by atoms with E-state index in [9.17, 15) is 18.0 Å². The van der Waals surface area contributed by atoms with Crippen molar-refractivity contribution in [2.75, 3.05) is 0 Å². The second kappa shape index (κ2) is 6.13. The highest BCUT2D eigenvalue weighted by Gasteiger charge is 2.33. The van der Waals surface area contributed by atoms with Gasteiger partial charge in [-0.05, 0) is 28.4 Å². The lowest BCUT2D eigenvalue weighted by molar-refractivity contribution is -0.137. The molecular weight excluding hydrogens is 341 g/mol. The SMILES string of the molecule is C[Si](C)(C)c1cccc(-c2ccc(C(F)(F)F)c(Cl)c2)c1C=O. The third-order valence-corrected chi connectivity index (χ3v) is 5.98. The van der Waals surface area contributed by atoms with Crippen LogP contribution in [0.5, 0.6) is 0 Å². The maximum Gasteiger partial charge on any atom is 0.417 e. The van der Waals surface area contributed by atoms with Gasteiger partial charge in [0.05, 0.1) is 18.7 Å². The summed E-state index contributed by atoms with van der Waals surface area (Å²) < 4.78 is 38.4. The summed E-state index contributed by atoms with van der Waals surface area (Å²) in [6.45, 7) is 6.33. The van der Waals surface area contributed by atoms with Gasteiger partial charge >= 0.3 is 6.18 Å². The summed E-state index contributed by atoms with van der Waals surface area (Å²) in [7, 11) is -1.76. The predicted molar refractivity (Wildman–Crippen MR) is 90.3 cm³/mol. The van der Waals surface area contributed by atoms with E-state index in [0.29, 0.717) is 16.7 Å². The van der Waals surface area contributed by atoms with Crippen LogP contribution < -0.4 is 5.19 Å². The van der Waals surface area contributed by atoms with Gasteiger partial charge in [0.25, 0.3) is 0 Å². The molecule has 122 valence electrons. The molecule has 0 bridgehead atoms. The van der Waals surface area contributed by atoms with Crippen LogP contribution in [0.4, 0.5) is 13.2 Å². The minimum Gasteiger partial charge on any atom is -0.298 e. The maximum atomic E-state index is 12.8. The molecule has 0 N–H and O–H groups in total. The second-order valence-electron chi connectivity index (χ2n) is 6.33. The Morgan fingerprint density at radius 3 is 2.22 bits per heavy atom. The van der Waals surface area contributed by atoms with E-state index >= 15 is 0 Å². The Labute approximate surface area is 139 Å². The van der Waals surface area contributed by atoms with Crippen molar-refractivity contribution in [1.29, 1.82) is 0 Å². The quantitative estimate of drug-likeness (QED) is 0.532. The summed E-state index contributed by atoms with van der Waals surface area (Å²) in [6.07, 6.45) is -3.72. The normalized spacial score (nSPS) is 12.3. The fourth-order valence-electron chi connectivity index (χ4n) is 2.51. The monoisotopic (exact) mass is 356 g/mol. The molecule has 2 aromatic rings. The topological polar surface area (TPSA) is 17.1 Å². The lowest BCUT2D eigenvalue weighted by Crippen LogP contribution is -2.40. The van der Waals surface area contributed by atoms with Gasteiger partial charge in [0, 0.05) is 5.56 Å². The smallest absolute Gasteiger partial charge is 0.298 e. The molecule has 23 heavy (non-hydrogen) atoms. The van der Waals surface area contributed by atoms with Crippen molar-refractivity contribution in [1.82, 2.24) is 0 Å². The minimum atomic E-state index is -4.50. The van der Waals surface area contributed by atoms with Crippen molar-refractivity contribution < 1.29 is 18.0 Å². The van der Waals surface area contributed by atoms with Crippen LogP contribution in [0.2, 0.25) is 24.7 Å². The highest BCUT2D eigenvalue weighted by molar-refractivity contribution is 6.89. The first-order valence-electron chi connectivity index (χ1n) is 7.01. The number of carbonyl (C=O) groups excluding carboxylic acids is 1. The molecule has 0 aliphatic heterocycles. The molecule has 0 amide bonds. The molecule has 0 heterocycles. The van der Waals surface area contributed by atoms with Gasteiger partial charge in [0.15, 0.2) is 6.29 Å². The first kappa shape index (κ1) is 17.8. The molecule has 0 saturated heterocycles. The largest absolute Gasteiger partial charge is 0.417 e. The molecule has 0 aromatic heterocycles. The molecule has 0 aliphatic carbocycles. The lowest BCUT2D eigenvalue weighted by Gasteiger charge is -2.21. The van der Waals surface area contributed by atoms with Crippen LogP contribution in [0, 0.1) is 0 Å². The summed E-state index contributed by atoms with van der Waals surface area (Å²) >= 11 is 5.79. The number of aldehydes is 1. The number of benzene rings is 2. The summed E-state index contributed by atoms with van der Waals surface area (Å²) in [5.74, 6) is 0. The van der Waals surface area contributed by atoms with Crippen molar-refractivity contribution in [2.45, 2.75) is 25.8 Å². The number of alkyl halides is 3. The fourth-order valence-corrected chi connectivity index (χ4v) is 4.40. The number of halogens is 4. The molecule has 0 atom stereocenters. The molecule has 0 aliphatic rings. The zero-order valence-corrected chi connectivity index (χ0v) is 14.7. The second-order valence-corrected chi connectivity index (χ2v) is 11.8. The molecule has 0 fully saturated rings. The molecular formula is C17H16ClF3OSi. The van der Waals surface area contributed by atoms with E-state index in [0.717, 1.165) is 17.5 Å². The van der Waals surface area contributed by atoms with Crippen LogP contribution in [0.3, 0.4) is 0 Å². The van der Waals surface area contributed by atoms with Gasteiger partial charge in [-0.25, -0.2) is 0 Å². The van der Waals surface area contributed by atoms with Crippen LogP contribution in [0.25, 0.3) is 11.1 Å². The van der Waals surface area contributed by atoms with Crippen molar-refractivity contribution in [3.05, 3.63) is 52.5 Å². The summed E-state index contributed by atoms with van der Waals surface area (Å²) in [5, 5.41) is 0.603. The van der Waals surface area contributed by atoms with E-state index in [1.54, 1.807) is 6.07 Å². The number of hydrogen-bond donors (Lipinski definition) is 0. The molecule has 0 saturated carbocycles. The third kappa shape index (κ3) is 3.67. The van der Waals surface area contributed by atoms with Crippen molar-refractivity contribution in [3.8, 4) is 11.1 Å². The summed E-state index contributed by atoms with van der Waals surface area (Å²) in [6, 6.07) is 9.03. The lowest BCUT2D eigenvalue weighted by atomic mass is 9.99. The average Bonchev–Trinajstić information content (AvgIpc) is 2.43. The van der Waals surface area contributed by atoms with Gasteiger partial charge in [0.1, 0.15) is 0 Å². The van der Waals surface area contributed by atoms with Crippen molar-refractivity contribution in [3.63, 3.8) is 0 Å². The average molecular weight is 357 g/mol. The molecule has 2 aromatic carbocycles. The van der Waals surface area contributed by atoms with Crippen molar-refractivity contribution in [2.24, 2.45) is 0 Å². The predicted octanol–water partition coefficient (Wildman–Crippen LogP) is 5.38. The van der Waals surface area contributed by atoms with Crippen LogP contribution in [-0.2, 0) is 6.18 Å². The molecule has 2 rings (SSSR count). The Morgan fingerprint density at radius 2 is 1.74 bits per heavy atom. The number of rotatable bonds is 3. The Bertz CT molecular complexity index is 748. The van der Waals surface area contributed by atoms with Gasteiger partial charge in [-0.2, -0.15) is 13.2 Å². The minimum absolute atomic E-state index is 0.370. The van der Waals surface area contributed by atoms with Gasteiger partial charge < -0.3 is 0 Å². The van der Waals surface area contributed by atoms with E-state index in [2.05, 4.69) is 19.6 Å². The van der Waals surface area contributed by atoms with Gasteiger partial charge in [-0.3, -0.25) is 4.79 Å². The number of carbonyl (C=O) groups is 1. The zero-order chi connectivity index (χ0) is 17.4. The van der Waals surface area contributed by atoms with E-state index in [1.807, 2.05) is 12.1 Å². The first-order chi connectivity index (χ1) is 10.6. The van der Waals surface area contributed by atoms with Gasteiger partial charge in [-0.15, -0.1) is 0 Å². The van der Waals surface area contributed by atoms with Crippen LogP contribution in [0.1, 0.15) is 15.9 Å². The molecule has 0 unspecified atom stereocenters. The third-order valence-electron chi connectivity index (χ3n) is 3.62. The van der Waals surface area contributed by atoms with E-state index in [1.165, 1.54) is 12.1 Å². The molecule has 6 heteroatoms. The van der Waals surface area contributed by atoms with E-state index in [-0.39, 0.29) is 5.02 Å². The van der Waals surface area contributed by atoms with Crippen LogP contribution >= 0.6 is 11.6 Å². The molecule has 1 nitrogen and oxygen atoms in total. The Balaban J connectivity index is 2.64. The molecule has 0 radical (unpaired) electrons. The van der Waals surface area contributed by atoms with E-state index in [4.69, 9.17) is 11.6 Å². The Morgan fingerprint density at radius 1 is 1.09 bits per heavy atom. The maximum absolute atomic E-state index is 12.8. The zero-order valence-electron chi connectivity index (χ0n) is 13.0. The number of hydrogen-bond acceptors (Lipinski definition) is 1. The summed E-state index contributed by atoms with van der Waals surface area (Å²) in [4.78, 5) is 11.6. The highest BCUT2D eigenvalue weighted by atomic mass is 35.5. The van der Waals surface area contributed by atoms with E-state index < -0.39 is 19.8 Å². The van der Waals surface area contributed by atoms with Gasteiger partial charge in [-0.1, -0.05) is 55.5 Å². The fraction of sp³-hybridized carbons (Fsp3) is 0.235. The molecule has 0 spiro atoms. The highest BCUT2D eigenvalue weighted by Crippen LogP contribution is 2.37. The van der Waals surface area contributed by atoms with Crippen molar-refractivity contribution >= 4 is 31.1 Å². The first-order valence-corrected chi connectivity index (χ1v) is 10.9. The standard InChI is InChI=1S/C17H16ClF3OSi/c1-23(2,3)16-6-4-5-12(13(16)10-22)11-7-8-14(15(18)9-11)17(19,20)21/h4-10H,1-3H3. The van der Waals surface area contributed by atoms with Gasteiger partial charge in [0.2, 0.25) is 0 Å². The summed E-state index contributed by atoms with van der Waals surface area (Å²) in [5.41, 5.74) is 0.764. The Kier molecular flexibility index (Phi) is 4.73.